The fourth-order valence-electron chi connectivity index (χ4n) is 10.2. The Morgan fingerprint density at radius 1 is 0.535 bits per heavy atom. The molecule has 584 valence electrons. The molecule has 36 heteroatoms. The summed E-state index contributed by atoms with van der Waals surface area (Å²) in [7, 11) is 9.60. The summed E-state index contributed by atoms with van der Waals surface area (Å²) in [6, 6.07) is 2.93. The number of aliphatic hydroxyl groups excluding tert-OH is 1. The second-order valence-corrected chi connectivity index (χ2v) is 62.8. The van der Waals surface area contributed by atoms with E-state index >= 15 is 0 Å². The lowest BCUT2D eigenvalue weighted by atomic mass is 9.94. The second-order valence-electron chi connectivity index (χ2n) is 33.0. The lowest BCUT2D eigenvalue weighted by Gasteiger charge is -2.39. The molecule has 0 amide bonds. The lowest BCUT2D eigenvalue weighted by Crippen LogP contribution is -2.46. The van der Waals surface area contributed by atoms with Gasteiger partial charge < -0.3 is 69.3 Å². The Balaban J connectivity index is 0.00000130. The summed E-state index contributed by atoms with van der Waals surface area (Å²) in [6.07, 6.45) is 4.49. The quantitative estimate of drug-likeness (QED) is 0.0284. The first-order valence-corrected chi connectivity index (χ1v) is 56.8. The van der Waals surface area contributed by atoms with E-state index in [0.29, 0.717) is 45.1 Å². The largest absolute Gasteiger partial charge is 0.412 e. The van der Waals surface area contributed by atoms with Crippen LogP contribution in [-0.2, 0) is 73.2 Å². The van der Waals surface area contributed by atoms with Crippen molar-refractivity contribution in [1.82, 2.24) is 9.34 Å². The zero-order valence-corrected chi connectivity index (χ0v) is 75.9. The highest BCUT2D eigenvalue weighted by molar-refractivity contribution is 8.13. The van der Waals surface area contributed by atoms with Gasteiger partial charge in [0.25, 0.3) is 17.1 Å². The summed E-state index contributed by atoms with van der Waals surface area (Å²) in [5, 5.41) is 27.8. The Labute approximate surface area is 627 Å². The van der Waals surface area contributed by atoms with Crippen LogP contribution in [0, 0.1) is 22.7 Å². The molecule has 0 aliphatic carbocycles. The first-order chi connectivity index (χ1) is 45.4. The van der Waals surface area contributed by atoms with Crippen molar-refractivity contribution in [2.75, 3.05) is 72.8 Å². The molecule has 6 unspecified atom stereocenters. The van der Waals surface area contributed by atoms with E-state index < -0.39 is 113 Å². The first kappa shape index (κ1) is 102. The number of hydrogen-bond donors (Lipinski definition) is 1. The van der Waals surface area contributed by atoms with Crippen LogP contribution in [0.4, 0.5) is 4.39 Å². The average Bonchev–Trinajstić information content (AvgIpc) is 1.77. The maximum Gasteiger partial charge on any atom is 0.259 e. The summed E-state index contributed by atoms with van der Waals surface area (Å²) >= 11 is 0. The molecule has 0 saturated carbocycles. The van der Waals surface area contributed by atoms with Crippen molar-refractivity contribution < 1.29 is 82.1 Å². The standard InChI is InChI=1S/C18H35BN2O4P2.C17H32BFN2O4P2.C15H32BO3PSi.C14H30BO4PSi.CH3ClO2S/c1-13(2)21(14(3)4)26(23-10-8-9-20)25-17-12-16(24-18(17)19)11-15(5)27(6,7)22;1-12(2)21(13(3)4)26(23-9-7-8-20)25-15-10-14(24-17(15)18)11-16(19)27(5,6)22;1-11(20(5,6)17)9-12-10-13(14(16)18-12)19-21(7,8)15(2,3)4;1-14(2,3)21(6,7)19-11-8-10(18-13(11)15)9-12(16)20(4,5)17;1-5(2,3)4/h13-18H,8,10-12H2,1-7H3;12-17H,7,9-11H2,1-6H3;11-14H,9-10H2,1-8H3;10-13,16H,8-9H2,1-7H3;1H3/t15?,16-,17+,18-,26?;14-,15-,16?,17+,26?;11?,12-,13+,14-;10-,11-,12?,13+;/m1010./s1. The van der Waals surface area contributed by atoms with E-state index in [4.69, 9.17) is 87.8 Å². The van der Waals surface area contributed by atoms with Crippen LogP contribution in [0.2, 0.25) is 36.3 Å². The van der Waals surface area contributed by atoms with Crippen LogP contribution in [0.1, 0.15) is 175 Å². The van der Waals surface area contributed by atoms with Gasteiger partial charge in [0.2, 0.25) is 9.05 Å². The predicted octanol–water partition coefficient (Wildman–Crippen LogP) is 15.8. The Kier molecular flexibility index (Phi) is 44.9. The van der Waals surface area contributed by atoms with Gasteiger partial charge in [-0.25, -0.2) is 22.1 Å². The maximum absolute atomic E-state index is 14.1. The third kappa shape index (κ3) is 39.2. The van der Waals surface area contributed by atoms with Crippen LogP contribution < -0.4 is 0 Å². The SMILES string of the molecule is CS(=O)(=O)Cl.[B][C@@H]1O[C@H](CC(C)P(C)(C)=O)C[C@@H]1OP(OCCC#N)N(C(C)C)C(C)C.[B][C@@H]1O[C@H](CC(C)P(C)(C)=O)C[C@@H]1O[Si](C)(C)C(C)(C)C.[B][C@@H]1O[C@H](CC(F)P(C)(C)=O)C[C@@H]1OP(OCCC#N)N(C(C)C)C(C)C.[B][C@@H]1O[C@H](CC(O)P(C)(C)=O)C[C@@H]1O[Si](C)(C)C(C)(C)C. The van der Waals surface area contributed by atoms with Crippen molar-refractivity contribution in [1.29, 1.82) is 10.5 Å². The van der Waals surface area contributed by atoms with Crippen molar-refractivity contribution in [3.63, 3.8) is 0 Å². The molecule has 0 aromatic rings. The van der Waals surface area contributed by atoms with Crippen LogP contribution in [0.15, 0.2) is 0 Å². The van der Waals surface area contributed by atoms with Gasteiger partial charge in [0.15, 0.2) is 22.5 Å². The molecule has 1 N–H and O–H groups in total. The van der Waals surface area contributed by atoms with Crippen molar-refractivity contribution in [3.05, 3.63) is 0 Å². The topological polar surface area (TPSA) is 269 Å². The fourth-order valence-corrected chi connectivity index (χ4v) is 19.4. The molecular weight excluding hydrogens is 1480 g/mol. The van der Waals surface area contributed by atoms with Crippen LogP contribution >= 0.6 is 56.3 Å². The molecule has 0 aromatic carbocycles. The maximum atomic E-state index is 14.1. The van der Waals surface area contributed by atoms with Gasteiger partial charge >= 0.3 is 0 Å². The highest BCUT2D eigenvalue weighted by Gasteiger charge is 2.47. The zero-order valence-electron chi connectivity index (χ0n) is 67.0. The normalized spacial score (nSPS) is 26.7. The number of aliphatic hydroxyl groups is 1. The van der Waals surface area contributed by atoms with Gasteiger partial charge in [-0.05, 0) is 158 Å². The third-order valence-electron chi connectivity index (χ3n) is 18.8. The van der Waals surface area contributed by atoms with Gasteiger partial charge in [-0.2, -0.15) is 10.5 Å². The van der Waals surface area contributed by atoms with Crippen molar-refractivity contribution in [3.8, 4) is 12.1 Å². The molecule has 4 aliphatic heterocycles. The molecule has 4 saturated heterocycles. The van der Waals surface area contributed by atoms with Gasteiger partial charge in [-0.15, -0.1) is 0 Å². The van der Waals surface area contributed by atoms with Gasteiger partial charge in [0.1, 0.15) is 51.5 Å². The van der Waals surface area contributed by atoms with E-state index in [-0.39, 0.29) is 108 Å². The van der Waals surface area contributed by atoms with Crippen LogP contribution in [-0.4, -0.2) is 264 Å². The summed E-state index contributed by atoms with van der Waals surface area (Å²) < 4.78 is 145. The molecule has 8 radical (unpaired) electrons. The highest BCUT2D eigenvalue weighted by atomic mass is 35.7. The molecule has 18 atom stereocenters. The second kappa shape index (κ2) is 44.4. The Morgan fingerprint density at radius 3 is 1.03 bits per heavy atom. The number of nitrogens with zero attached hydrogens (tertiary/aromatic N) is 4. The van der Waals surface area contributed by atoms with E-state index in [1.54, 1.807) is 13.3 Å². The summed E-state index contributed by atoms with van der Waals surface area (Å²) in [4.78, 5) is 0. The minimum atomic E-state index is -3.19. The summed E-state index contributed by atoms with van der Waals surface area (Å²) in [5.41, 5.74) is 0.256. The third-order valence-corrected chi connectivity index (χ3v) is 40.0. The first-order valence-electron chi connectivity index (χ1n) is 35.3. The minimum Gasteiger partial charge on any atom is -0.412 e. The van der Waals surface area contributed by atoms with E-state index in [9.17, 15) is 36.2 Å². The zero-order chi connectivity index (χ0) is 79.3. The molecule has 4 rings (SSSR count). The number of alkyl halides is 1. The molecule has 101 heavy (non-hydrogen) atoms. The molecule has 21 nitrogen and oxygen atoms in total. The van der Waals surface area contributed by atoms with E-state index in [1.165, 1.54) is 13.3 Å². The Bertz CT molecular complexity index is 2640. The van der Waals surface area contributed by atoms with E-state index in [1.807, 2.05) is 68.2 Å². The van der Waals surface area contributed by atoms with Crippen LogP contribution in [0.5, 0.6) is 0 Å². The monoisotopic (exact) mass is 1610 g/mol. The number of rotatable bonds is 32. The van der Waals surface area contributed by atoms with Crippen molar-refractivity contribution >= 4 is 113 Å². The molecule has 4 aliphatic rings. The Morgan fingerprint density at radius 2 is 0.792 bits per heavy atom. The van der Waals surface area contributed by atoms with Crippen LogP contribution in [0.3, 0.4) is 0 Å². The van der Waals surface area contributed by atoms with E-state index in [2.05, 4.69) is 128 Å². The number of ether oxygens (including phenoxy) is 4. The van der Waals surface area contributed by atoms with Crippen molar-refractivity contribution in [2.24, 2.45) is 0 Å². The smallest absolute Gasteiger partial charge is 0.259 e. The fraction of sp³-hybridized carbons (Fsp3) is 0.969. The van der Waals surface area contributed by atoms with Crippen molar-refractivity contribution in [2.45, 2.75) is 331 Å². The highest BCUT2D eigenvalue weighted by Crippen LogP contribution is 2.54. The lowest BCUT2D eigenvalue weighted by molar-refractivity contribution is 0.0448. The number of halogens is 2. The molecule has 0 spiro atoms. The summed E-state index contributed by atoms with van der Waals surface area (Å²) in [6.45, 7) is 56.7. The number of nitriles is 2. The molecule has 4 fully saturated rings. The molecule has 4 heterocycles. The average molecular weight is 1610 g/mol. The molecule has 0 aromatic heterocycles. The predicted molar refractivity (Wildman–Crippen MR) is 427 cm³/mol. The van der Waals surface area contributed by atoms with E-state index in [0.717, 1.165) is 19.1 Å². The minimum absolute atomic E-state index is 0.0313. The van der Waals surface area contributed by atoms with Gasteiger partial charge in [-0.1, -0.05) is 55.4 Å². The number of hydrogen-bond acceptors (Lipinski definition) is 21. The van der Waals surface area contributed by atoms with Gasteiger partial charge in [0.05, 0.1) is 108 Å². The Hall–Kier alpha value is 1.10. The van der Waals surface area contributed by atoms with Gasteiger partial charge in [0, 0.05) is 109 Å². The summed E-state index contributed by atoms with van der Waals surface area (Å²) in [5.74, 6) is -2.24. The van der Waals surface area contributed by atoms with Gasteiger partial charge in [-0.3, -0.25) is 0 Å². The molecule has 0 bridgehead atoms. The molecular formula is C65H132B4ClFN4O17P6SSi2. The van der Waals surface area contributed by atoms with Crippen LogP contribution in [0.25, 0.3) is 0 Å².